The first-order valence-electron chi connectivity index (χ1n) is 3.92. The van der Waals surface area contributed by atoms with Gasteiger partial charge in [-0.1, -0.05) is 5.16 Å². The van der Waals surface area contributed by atoms with Gasteiger partial charge in [-0.25, -0.2) is 0 Å². The molecule has 0 unspecified atom stereocenters. The van der Waals surface area contributed by atoms with Crippen LogP contribution in [-0.4, -0.2) is 17.3 Å². The minimum absolute atomic E-state index is 0.468. The zero-order chi connectivity index (χ0) is 9.97. The maximum Gasteiger partial charge on any atom is 0.258 e. The van der Waals surface area contributed by atoms with E-state index in [2.05, 4.69) is 26.1 Å². The molecule has 0 aliphatic carbocycles. The molecule has 0 atom stereocenters. The summed E-state index contributed by atoms with van der Waals surface area (Å²) < 4.78 is 10.9. The molecule has 1 aromatic carbocycles. The van der Waals surface area contributed by atoms with Gasteiger partial charge in [0.1, 0.15) is 5.75 Å². The smallest absolute Gasteiger partial charge is 0.258 e. The van der Waals surface area contributed by atoms with Gasteiger partial charge in [-0.05, 0) is 34.1 Å². The summed E-state index contributed by atoms with van der Waals surface area (Å²) in [5, 5.41) is 3.55. The van der Waals surface area contributed by atoms with E-state index in [1.807, 2.05) is 18.2 Å². The Morgan fingerprint density at radius 2 is 2.29 bits per heavy atom. The first-order valence-corrected chi connectivity index (χ1v) is 4.71. The number of benzene rings is 1. The number of rotatable bonds is 2. The molecule has 5 heteroatoms. The van der Waals surface area contributed by atoms with Crippen LogP contribution in [0.15, 0.2) is 33.5 Å². The highest BCUT2D eigenvalue weighted by Gasteiger charge is 2.09. The quantitative estimate of drug-likeness (QED) is 0.827. The Morgan fingerprint density at radius 3 is 2.93 bits per heavy atom. The lowest BCUT2D eigenvalue weighted by Gasteiger charge is -2.02. The highest BCUT2D eigenvalue weighted by molar-refractivity contribution is 9.10. The van der Waals surface area contributed by atoms with Crippen LogP contribution in [0.25, 0.3) is 11.5 Å². The molecule has 1 heterocycles. The monoisotopic (exact) mass is 254 g/mol. The first-order chi connectivity index (χ1) is 6.81. The number of aromatic nitrogens is 2. The van der Waals surface area contributed by atoms with Crippen molar-refractivity contribution in [1.82, 2.24) is 10.1 Å². The second-order valence-corrected chi connectivity index (χ2v) is 3.45. The van der Waals surface area contributed by atoms with Crippen LogP contribution in [-0.2, 0) is 0 Å². The molecule has 14 heavy (non-hydrogen) atoms. The summed E-state index contributed by atoms with van der Waals surface area (Å²) in [5.41, 5.74) is 0.821. The predicted molar refractivity (Wildman–Crippen MR) is 54.0 cm³/mol. The molecule has 0 saturated carbocycles. The van der Waals surface area contributed by atoms with Gasteiger partial charge in [0.05, 0.1) is 12.7 Å². The molecule has 0 saturated heterocycles. The van der Waals surface area contributed by atoms with Gasteiger partial charge < -0.3 is 9.26 Å². The summed E-state index contributed by atoms with van der Waals surface area (Å²) in [5.74, 6) is 1.22. The summed E-state index contributed by atoms with van der Waals surface area (Å²) in [6.07, 6.45) is 1.36. The fourth-order valence-corrected chi connectivity index (χ4v) is 1.50. The van der Waals surface area contributed by atoms with Crippen LogP contribution >= 0.6 is 15.9 Å². The number of methoxy groups -OCH3 is 1. The average Bonchev–Trinajstić information content (AvgIpc) is 2.71. The highest BCUT2D eigenvalue weighted by atomic mass is 79.9. The molecular formula is C9H7BrN2O2. The topological polar surface area (TPSA) is 48.2 Å². The van der Waals surface area contributed by atoms with E-state index in [0.29, 0.717) is 5.89 Å². The third-order valence-corrected chi connectivity index (χ3v) is 2.46. The van der Waals surface area contributed by atoms with Crippen LogP contribution < -0.4 is 4.74 Å². The molecule has 0 amide bonds. The van der Waals surface area contributed by atoms with E-state index in [1.54, 1.807) is 7.11 Å². The Bertz CT molecular complexity index is 428. The van der Waals surface area contributed by atoms with Gasteiger partial charge in [0.25, 0.3) is 5.89 Å². The fraction of sp³-hybridized carbons (Fsp3) is 0.111. The van der Waals surface area contributed by atoms with Gasteiger partial charge in [0.2, 0.25) is 0 Å². The molecule has 4 nitrogen and oxygen atoms in total. The van der Waals surface area contributed by atoms with Gasteiger partial charge in [-0.3, -0.25) is 0 Å². The van der Waals surface area contributed by atoms with Crippen molar-refractivity contribution in [2.75, 3.05) is 7.11 Å². The zero-order valence-corrected chi connectivity index (χ0v) is 8.98. The molecule has 72 valence electrons. The van der Waals surface area contributed by atoms with Gasteiger partial charge in [0.15, 0.2) is 6.33 Å². The molecule has 0 bridgehead atoms. The average molecular weight is 255 g/mol. The minimum Gasteiger partial charge on any atom is -0.497 e. The molecular weight excluding hydrogens is 248 g/mol. The lowest BCUT2D eigenvalue weighted by molar-refractivity contribution is 0.413. The van der Waals surface area contributed by atoms with Crippen molar-refractivity contribution < 1.29 is 9.26 Å². The van der Waals surface area contributed by atoms with Crippen LogP contribution in [0.1, 0.15) is 0 Å². The van der Waals surface area contributed by atoms with Crippen LogP contribution in [0.3, 0.4) is 0 Å². The lowest BCUT2D eigenvalue weighted by Crippen LogP contribution is -1.85. The lowest BCUT2D eigenvalue weighted by atomic mass is 10.2. The van der Waals surface area contributed by atoms with E-state index in [4.69, 9.17) is 9.26 Å². The van der Waals surface area contributed by atoms with Gasteiger partial charge in [-0.15, -0.1) is 0 Å². The van der Waals surface area contributed by atoms with Gasteiger partial charge in [0, 0.05) is 4.47 Å². The Labute approximate surface area is 89.0 Å². The van der Waals surface area contributed by atoms with E-state index in [9.17, 15) is 0 Å². The normalized spacial score (nSPS) is 10.1. The first kappa shape index (κ1) is 9.21. The van der Waals surface area contributed by atoms with Crippen molar-refractivity contribution in [3.05, 3.63) is 29.0 Å². The second-order valence-electron chi connectivity index (χ2n) is 2.59. The van der Waals surface area contributed by atoms with Crippen molar-refractivity contribution in [2.24, 2.45) is 0 Å². The van der Waals surface area contributed by atoms with Crippen molar-refractivity contribution in [3.63, 3.8) is 0 Å². The Balaban J connectivity index is 2.51. The van der Waals surface area contributed by atoms with Crippen LogP contribution in [0.5, 0.6) is 5.75 Å². The number of hydrogen-bond donors (Lipinski definition) is 0. The standard InChI is InChI=1S/C9H7BrN2O2/c1-13-6-2-3-8(10)7(4-6)9-11-5-12-14-9/h2-5H,1H3. The van der Waals surface area contributed by atoms with Crippen LogP contribution in [0.4, 0.5) is 0 Å². The van der Waals surface area contributed by atoms with Crippen molar-refractivity contribution >= 4 is 15.9 Å². The van der Waals surface area contributed by atoms with Gasteiger partial charge >= 0.3 is 0 Å². The van der Waals surface area contributed by atoms with Crippen molar-refractivity contribution in [2.45, 2.75) is 0 Å². The zero-order valence-electron chi connectivity index (χ0n) is 7.40. The van der Waals surface area contributed by atoms with Crippen molar-refractivity contribution in [1.29, 1.82) is 0 Å². The van der Waals surface area contributed by atoms with E-state index in [0.717, 1.165) is 15.8 Å². The summed E-state index contributed by atoms with van der Waals surface area (Å²) in [6.45, 7) is 0. The predicted octanol–water partition coefficient (Wildman–Crippen LogP) is 2.51. The van der Waals surface area contributed by atoms with Crippen molar-refractivity contribution in [3.8, 4) is 17.2 Å². The van der Waals surface area contributed by atoms with E-state index < -0.39 is 0 Å². The maximum atomic E-state index is 5.10. The Morgan fingerprint density at radius 1 is 1.43 bits per heavy atom. The third-order valence-electron chi connectivity index (χ3n) is 1.77. The summed E-state index contributed by atoms with van der Waals surface area (Å²) in [7, 11) is 1.61. The number of halogens is 1. The molecule has 0 fully saturated rings. The second kappa shape index (κ2) is 3.79. The minimum atomic E-state index is 0.468. The SMILES string of the molecule is COc1ccc(Br)c(-c2ncno2)c1. The van der Waals surface area contributed by atoms with Gasteiger partial charge in [-0.2, -0.15) is 4.98 Å². The molecule has 2 rings (SSSR count). The number of hydrogen-bond acceptors (Lipinski definition) is 4. The highest BCUT2D eigenvalue weighted by Crippen LogP contribution is 2.29. The maximum absolute atomic E-state index is 5.10. The van der Waals surface area contributed by atoms with E-state index in [1.165, 1.54) is 6.33 Å². The molecule has 0 radical (unpaired) electrons. The number of ether oxygens (including phenoxy) is 1. The molecule has 0 aliphatic rings. The van der Waals surface area contributed by atoms with E-state index in [-0.39, 0.29) is 0 Å². The van der Waals surface area contributed by atoms with E-state index >= 15 is 0 Å². The Hall–Kier alpha value is -1.36. The summed E-state index contributed by atoms with van der Waals surface area (Å²) in [4.78, 5) is 3.96. The largest absolute Gasteiger partial charge is 0.497 e. The fourth-order valence-electron chi connectivity index (χ4n) is 1.09. The Kier molecular flexibility index (Phi) is 2.49. The number of nitrogens with zero attached hydrogens (tertiary/aromatic N) is 2. The van der Waals surface area contributed by atoms with Crippen LogP contribution in [0, 0.1) is 0 Å². The molecule has 0 N–H and O–H groups in total. The molecule has 2 aromatic rings. The van der Waals surface area contributed by atoms with Crippen LogP contribution in [0.2, 0.25) is 0 Å². The molecule has 0 aliphatic heterocycles. The summed E-state index contributed by atoms with van der Waals surface area (Å²) in [6, 6.07) is 5.56. The third kappa shape index (κ3) is 1.63. The molecule has 1 aromatic heterocycles. The summed E-state index contributed by atoms with van der Waals surface area (Å²) >= 11 is 3.40. The molecule has 0 spiro atoms.